The molecule has 0 heterocycles. The second-order valence-corrected chi connectivity index (χ2v) is 3.18. The van der Waals surface area contributed by atoms with Crippen LogP contribution in [-0.4, -0.2) is 23.9 Å². The summed E-state index contributed by atoms with van der Waals surface area (Å²) in [5, 5.41) is 9.18. The molecule has 3 atom stereocenters. The number of aliphatic hydroxyl groups excluding tert-OH is 1. The third-order valence-electron chi connectivity index (χ3n) is 2.11. The monoisotopic (exact) mass is 175 g/mol. The Balaban J connectivity index is 3.90. The molecule has 0 fully saturated rings. The van der Waals surface area contributed by atoms with Gasteiger partial charge in [0.25, 0.3) is 0 Å². The Morgan fingerprint density at radius 1 is 1.25 bits per heavy atom. The number of aliphatic hydroxyl groups is 1. The summed E-state index contributed by atoms with van der Waals surface area (Å²) in [5.41, 5.74) is 16.6. The molecule has 74 valence electrons. The van der Waals surface area contributed by atoms with Crippen LogP contribution in [0, 0.1) is 5.92 Å². The van der Waals surface area contributed by atoms with Crippen molar-refractivity contribution in [2.24, 2.45) is 23.1 Å². The van der Waals surface area contributed by atoms with Crippen LogP contribution in [0.5, 0.6) is 0 Å². The smallest absolute Gasteiger partial charge is 0.106 e. The van der Waals surface area contributed by atoms with Crippen molar-refractivity contribution in [1.82, 2.24) is 0 Å². The zero-order valence-electron chi connectivity index (χ0n) is 7.74. The van der Waals surface area contributed by atoms with E-state index >= 15 is 0 Å². The topological polar surface area (TPSA) is 98.3 Å². The van der Waals surface area contributed by atoms with E-state index in [0.29, 0.717) is 13.0 Å². The Morgan fingerprint density at radius 3 is 2.17 bits per heavy atom. The maximum absolute atomic E-state index is 9.18. The molecule has 0 rings (SSSR count). The summed E-state index contributed by atoms with van der Waals surface area (Å²) in [6.45, 7) is 2.58. The summed E-state index contributed by atoms with van der Waals surface area (Å²) in [6, 6.07) is -0.0291. The van der Waals surface area contributed by atoms with Crippen LogP contribution < -0.4 is 17.2 Å². The zero-order valence-corrected chi connectivity index (χ0v) is 7.74. The highest BCUT2D eigenvalue weighted by atomic mass is 16.3. The van der Waals surface area contributed by atoms with Gasteiger partial charge in [0.05, 0.1) is 0 Å². The van der Waals surface area contributed by atoms with Crippen molar-refractivity contribution in [3.05, 3.63) is 0 Å². The highest BCUT2D eigenvalue weighted by Crippen LogP contribution is 2.12. The van der Waals surface area contributed by atoms with E-state index in [9.17, 15) is 5.11 Å². The molecule has 0 amide bonds. The molecule has 0 aliphatic heterocycles. The van der Waals surface area contributed by atoms with Gasteiger partial charge >= 0.3 is 0 Å². The molecule has 0 saturated carbocycles. The van der Waals surface area contributed by atoms with Crippen LogP contribution in [0.1, 0.15) is 26.2 Å². The Bertz CT molecular complexity index is 108. The standard InChI is InChI=1S/C8H21N3O/c1-2-3-7(10)6(4-5-9)8(11)12/h6-8,12H,2-5,9-11H2,1H3. The molecule has 0 saturated heterocycles. The van der Waals surface area contributed by atoms with Crippen molar-refractivity contribution in [2.75, 3.05) is 6.54 Å². The molecule has 12 heavy (non-hydrogen) atoms. The number of rotatable bonds is 6. The van der Waals surface area contributed by atoms with E-state index in [1.54, 1.807) is 0 Å². The fraction of sp³-hybridized carbons (Fsp3) is 1.00. The minimum atomic E-state index is -0.838. The van der Waals surface area contributed by atoms with Gasteiger partial charge in [-0.25, -0.2) is 0 Å². The predicted molar refractivity (Wildman–Crippen MR) is 50.2 cm³/mol. The Hall–Kier alpha value is -0.160. The summed E-state index contributed by atoms with van der Waals surface area (Å²) >= 11 is 0. The SMILES string of the molecule is CCCC(N)C(CCN)C(N)O. The maximum Gasteiger partial charge on any atom is 0.106 e. The molecule has 0 aromatic rings. The lowest BCUT2D eigenvalue weighted by atomic mass is 9.92. The fourth-order valence-corrected chi connectivity index (χ4v) is 1.38. The normalized spacial score (nSPS) is 18.8. The van der Waals surface area contributed by atoms with Crippen molar-refractivity contribution in [2.45, 2.75) is 38.5 Å². The molecule has 4 nitrogen and oxygen atoms in total. The van der Waals surface area contributed by atoms with Crippen LogP contribution in [-0.2, 0) is 0 Å². The first-order chi connectivity index (χ1) is 5.63. The van der Waals surface area contributed by atoms with Gasteiger partial charge in [0, 0.05) is 12.0 Å². The summed E-state index contributed by atoms with van der Waals surface area (Å²) in [5.74, 6) is -0.0602. The van der Waals surface area contributed by atoms with Gasteiger partial charge in [0.1, 0.15) is 6.23 Å². The van der Waals surface area contributed by atoms with Gasteiger partial charge in [-0.1, -0.05) is 13.3 Å². The van der Waals surface area contributed by atoms with E-state index < -0.39 is 6.23 Å². The summed E-state index contributed by atoms with van der Waals surface area (Å²) in [6.07, 6.45) is 1.75. The first kappa shape index (κ1) is 11.8. The Morgan fingerprint density at radius 2 is 1.83 bits per heavy atom. The number of nitrogens with two attached hydrogens (primary N) is 3. The van der Waals surface area contributed by atoms with Crippen molar-refractivity contribution < 1.29 is 5.11 Å². The molecule has 0 spiro atoms. The lowest BCUT2D eigenvalue weighted by Crippen LogP contribution is -2.43. The van der Waals surface area contributed by atoms with Crippen molar-refractivity contribution >= 4 is 0 Å². The van der Waals surface area contributed by atoms with Gasteiger partial charge in [-0.15, -0.1) is 0 Å². The van der Waals surface area contributed by atoms with Gasteiger partial charge in [0.15, 0.2) is 0 Å². The average Bonchev–Trinajstić information content (AvgIpc) is 1.99. The van der Waals surface area contributed by atoms with E-state index in [-0.39, 0.29) is 12.0 Å². The van der Waals surface area contributed by atoms with Gasteiger partial charge in [-0.3, -0.25) is 0 Å². The molecule has 0 bridgehead atoms. The first-order valence-corrected chi connectivity index (χ1v) is 4.52. The molecule has 0 radical (unpaired) electrons. The van der Waals surface area contributed by atoms with E-state index in [1.807, 2.05) is 0 Å². The van der Waals surface area contributed by atoms with Gasteiger partial charge < -0.3 is 22.3 Å². The predicted octanol–water partition coefficient (Wildman–Crippen LogP) is -0.644. The Kier molecular flexibility index (Phi) is 6.28. The molecule has 0 aliphatic carbocycles. The second kappa shape index (κ2) is 6.37. The largest absolute Gasteiger partial charge is 0.378 e. The quantitative estimate of drug-likeness (QED) is 0.403. The molecule has 0 aromatic carbocycles. The average molecular weight is 175 g/mol. The first-order valence-electron chi connectivity index (χ1n) is 4.52. The molecule has 0 aromatic heterocycles. The number of hydrogen-bond acceptors (Lipinski definition) is 4. The Labute approximate surface area is 74.1 Å². The summed E-state index contributed by atoms with van der Waals surface area (Å²) < 4.78 is 0. The maximum atomic E-state index is 9.18. The molecule has 0 aliphatic rings. The van der Waals surface area contributed by atoms with Crippen LogP contribution >= 0.6 is 0 Å². The molecular formula is C8H21N3O. The van der Waals surface area contributed by atoms with Gasteiger partial charge in [-0.05, 0) is 19.4 Å². The van der Waals surface area contributed by atoms with Crippen LogP contribution in [0.2, 0.25) is 0 Å². The highest BCUT2D eigenvalue weighted by molar-refractivity contribution is 4.76. The van der Waals surface area contributed by atoms with Gasteiger partial charge in [0.2, 0.25) is 0 Å². The number of hydrogen-bond donors (Lipinski definition) is 4. The summed E-state index contributed by atoms with van der Waals surface area (Å²) in [7, 11) is 0. The highest BCUT2D eigenvalue weighted by Gasteiger charge is 2.21. The third-order valence-corrected chi connectivity index (χ3v) is 2.11. The zero-order chi connectivity index (χ0) is 9.56. The molecule has 4 heteroatoms. The molecule has 7 N–H and O–H groups in total. The van der Waals surface area contributed by atoms with Crippen molar-refractivity contribution in [1.29, 1.82) is 0 Å². The van der Waals surface area contributed by atoms with Gasteiger partial charge in [-0.2, -0.15) is 0 Å². The van der Waals surface area contributed by atoms with Crippen molar-refractivity contribution in [3.63, 3.8) is 0 Å². The van der Waals surface area contributed by atoms with E-state index in [4.69, 9.17) is 17.2 Å². The minimum Gasteiger partial charge on any atom is -0.378 e. The summed E-state index contributed by atoms with van der Waals surface area (Å²) in [4.78, 5) is 0. The molecular weight excluding hydrogens is 154 g/mol. The third kappa shape index (κ3) is 4.01. The van der Waals surface area contributed by atoms with Crippen molar-refractivity contribution in [3.8, 4) is 0 Å². The van der Waals surface area contributed by atoms with E-state index in [2.05, 4.69) is 6.92 Å². The minimum absolute atomic E-state index is 0.0291. The van der Waals surface area contributed by atoms with E-state index in [1.165, 1.54) is 0 Å². The van der Waals surface area contributed by atoms with E-state index in [0.717, 1.165) is 12.8 Å². The molecule has 3 unspecified atom stereocenters. The van der Waals surface area contributed by atoms with Crippen LogP contribution in [0.25, 0.3) is 0 Å². The fourth-order valence-electron chi connectivity index (χ4n) is 1.38. The van der Waals surface area contributed by atoms with Crippen LogP contribution in [0.3, 0.4) is 0 Å². The second-order valence-electron chi connectivity index (χ2n) is 3.18. The lowest BCUT2D eigenvalue weighted by molar-refractivity contribution is 0.0921. The van der Waals surface area contributed by atoms with Crippen LogP contribution in [0.15, 0.2) is 0 Å². The lowest BCUT2D eigenvalue weighted by Gasteiger charge is -2.25. The van der Waals surface area contributed by atoms with Crippen LogP contribution in [0.4, 0.5) is 0 Å².